The Morgan fingerprint density at radius 1 is 1.10 bits per heavy atom. The molecule has 2 aromatic rings. The van der Waals surface area contributed by atoms with Crippen LogP contribution in [0.2, 0.25) is 0 Å². The Morgan fingerprint density at radius 2 is 1.76 bits per heavy atom. The summed E-state index contributed by atoms with van der Waals surface area (Å²) >= 11 is 1.64. The van der Waals surface area contributed by atoms with Gasteiger partial charge in [0.1, 0.15) is 0 Å². The molecule has 1 aromatic heterocycles. The van der Waals surface area contributed by atoms with Gasteiger partial charge in [-0.1, -0.05) is 0 Å². The standard InChI is InChI=1S/C16H18O4S/c1-18-14-8-12(9-15(19-2)16(14)20-3)13(17)5-4-11-6-7-21-10-11/h6-10H,4-5H2,1-3H3. The molecule has 0 atom stereocenters. The van der Waals surface area contributed by atoms with Crippen molar-refractivity contribution in [3.8, 4) is 17.2 Å². The van der Waals surface area contributed by atoms with Crippen LogP contribution in [0.25, 0.3) is 0 Å². The summed E-state index contributed by atoms with van der Waals surface area (Å²) in [5.41, 5.74) is 1.75. The highest BCUT2D eigenvalue weighted by Gasteiger charge is 2.16. The number of ketones is 1. The van der Waals surface area contributed by atoms with Gasteiger partial charge in [0.15, 0.2) is 17.3 Å². The first-order valence-corrected chi connectivity index (χ1v) is 7.48. The van der Waals surface area contributed by atoms with Crippen molar-refractivity contribution in [3.63, 3.8) is 0 Å². The highest BCUT2D eigenvalue weighted by Crippen LogP contribution is 2.38. The maximum atomic E-state index is 12.3. The molecule has 0 saturated carbocycles. The molecule has 0 aliphatic heterocycles. The summed E-state index contributed by atoms with van der Waals surface area (Å²) < 4.78 is 15.8. The summed E-state index contributed by atoms with van der Waals surface area (Å²) in [6.07, 6.45) is 1.19. The topological polar surface area (TPSA) is 44.8 Å². The lowest BCUT2D eigenvalue weighted by atomic mass is 10.0. The fourth-order valence-electron chi connectivity index (χ4n) is 2.08. The fraction of sp³-hybridized carbons (Fsp3) is 0.312. The van der Waals surface area contributed by atoms with E-state index in [0.717, 1.165) is 6.42 Å². The van der Waals surface area contributed by atoms with Crippen molar-refractivity contribution in [2.24, 2.45) is 0 Å². The number of methoxy groups -OCH3 is 3. The highest BCUT2D eigenvalue weighted by atomic mass is 32.1. The minimum absolute atomic E-state index is 0.0560. The van der Waals surface area contributed by atoms with E-state index in [2.05, 4.69) is 5.38 Å². The molecule has 0 saturated heterocycles. The lowest BCUT2D eigenvalue weighted by molar-refractivity contribution is 0.0982. The van der Waals surface area contributed by atoms with Gasteiger partial charge in [-0.15, -0.1) is 0 Å². The van der Waals surface area contributed by atoms with Gasteiger partial charge in [-0.3, -0.25) is 4.79 Å². The van der Waals surface area contributed by atoms with Crippen LogP contribution in [0, 0.1) is 0 Å². The van der Waals surface area contributed by atoms with Crippen LogP contribution in [0.3, 0.4) is 0 Å². The second-order valence-corrected chi connectivity index (χ2v) is 5.25. The summed E-state index contributed by atoms with van der Waals surface area (Å²) in [5.74, 6) is 1.54. The molecule has 0 radical (unpaired) electrons. The highest BCUT2D eigenvalue weighted by molar-refractivity contribution is 7.07. The van der Waals surface area contributed by atoms with Gasteiger partial charge in [-0.25, -0.2) is 0 Å². The van der Waals surface area contributed by atoms with E-state index >= 15 is 0 Å². The summed E-state index contributed by atoms with van der Waals surface area (Å²) in [4.78, 5) is 12.3. The van der Waals surface area contributed by atoms with Crippen LogP contribution in [-0.2, 0) is 6.42 Å². The minimum atomic E-state index is 0.0560. The first-order valence-electron chi connectivity index (χ1n) is 6.54. The molecule has 112 valence electrons. The molecule has 4 nitrogen and oxygen atoms in total. The number of hydrogen-bond donors (Lipinski definition) is 0. The van der Waals surface area contributed by atoms with Crippen LogP contribution in [-0.4, -0.2) is 27.1 Å². The zero-order valence-electron chi connectivity index (χ0n) is 12.3. The molecule has 21 heavy (non-hydrogen) atoms. The maximum Gasteiger partial charge on any atom is 0.203 e. The summed E-state index contributed by atoms with van der Waals surface area (Å²) in [7, 11) is 4.62. The summed E-state index contributed by atoms with van der Waals surface area (Å²) in [6.45, 7) is 0. The Labute approximate surface area is 128 Å². The second kappa shape index (κ2) is 7.13. The van der Waals surface area contributed by atoms with Crippen molar-refractivity contribution >= 4 is 17.1 Å². The number of carbonyl (C=O) groups excluding carboxylic acids is 1. The molecule has 0 fully saturated rings. The van der Waals surface area contributed by atoms with Gasteiger partial charge in [-0.05, 0) is 40.9 Å². The first kappa shape index (κ1) is 15.4. The Hall–Kier alpha value is -2.01. The Kier molecular flexibility index (Phi) is 5.22. The van der Waals surface area contributed by atoms with E-state index in [1.165, 1.54) is 19.8 Å². The number of thiophene rings is 1. The van der Waals surface area contributed by atoms with Crippen LogP contribution < -0.4 is 14.2 Å². The zero-order valence-corrected chi connectivity index (χ0v) is 13.2. The second-order valence-electron chi connectivity index (χ2n) is 4.47. The third kappa shape index (κ3) is 3.55. The average Bonchev–Trinajstić information content (AvgIpc) is 3.04. The molecular weight excluding hydrogens is 288 g/mol. The molecule has 0 aliphatic carbocycles. The van der Waals surface area contributed by atoms with Crippen molar-refractivity contribution in [2.45, 2.75) is 12.8 Å². The molecular formula is C16H18O4S. The van der Waals surface area contributed by atoms with Crippen LogP contribution in [0.1, 0.15) is 22.3 Å². The summed E-state index contributed by atoms with van der Waals surface area (Å²) in [6, 6.07) is 5.42. The molecule has 1 aromatic carbocycles. The smallest absolute Gasteiger partial charge is 0.203 e. The van der Waals surface area contributed by atoms with Gasteiger partial charge in [0.25, 0.3) is 0 Å². The van der Waals surface area contributed by atoms with Crippen LogP contribution in [0.4, 0.5) is 0 Å². The molecule has 1 heterocycles. The fourth-order valence-corrected chi connectivity index (χ4v) is 2.78. The SMILES string of the molecule is COc1cc(C(=O)CCc2ccsc2)cc(OC)c1OC. The largest absolute Gasteiger partial charge is 0.493 e. The van der Waals surface area contributed by atoms with Gasteiger partial charge in [0.2, 0.25) is 5.75 Å². The molecule has 0 bridgehead atoms. The van der Waals surface area contributed by atoms with Crippen molar-refractivity contribution in [1.82, 2.24) is 0 Å². The normalized spacial score (nSPS) is 10.2. The van der Waals surface area contributed by atoms with E-state index in [-0.39, 0.29) is 5.78 Å². The van der Waals surface area contributed by atoms with Gasteiger partial charge >= 0.3 is 0 Å². The van der Waals surface area contributed by atoms with Crippen LogP contribution in [0.5, 0.6) is 17.2 Å². The number of Topliss-reactive ketones (excluding diaryl/α,β-unsaturated/α-hetero) is 1. The third-order valence-corrected chi connectivity index (χ3v) is 3.94. The van der Waals surface area contributed by atoms with E-state index in [9.17, 15) is 4.79 Å². The zero-order chi connectivity index (χ0) is 15.2. The van der Waals surface area contributed by atoms with E-state index in [4.69, 9.17) is 14.2 Å². The van der Waals surface area contributed by atoms with E-state index in [1.54, 1.807) is 30.6 Å². The van der Waals surface area contributed by atoms with Crippen molar-refractivity contribution in [3.05, 3.63) is 40.1 Å². The van der Waals surface area contributed by atoms with E-state index in [0.29, 0.717) is 29.2 Å². The summed E-state index contributed by atoms with van der Waals surface area (Å²) in [5, 5.41) is 4.07. The van der Waals surface area contributed by atoms with Crippen molar-refractivity contribution in [1.29, 1.82) is 0 Å². The Bertz CT molecular complexity index is 580. The predicted octanol–water partition coefficient (Wildman–Crippen LogP) is 3.59. The predicted molar refractivity (Wildman–Crippen MR) is 83.1 cm³/mol. The lowest BCUT2D eigenvalue weighted by Crippen LogP contribution is -2.03. The van der Waals surface area contributed by atoms with Gasteiger partial charge < -0.3 is 14.2 Å². The molecule has 0 amide bonds. The van der Waals surface area contributed by atoms with E-state index in [1.807, 2.05) is 11.4 Å². The monoisotopic (exact) mass is 306 g/mol. The maximum absolute atomic E-state index is 12.3. The van der Waals surface area contributed by atoms with Crippen LogP contribution in [0.15, 0.2) is 29.0 Å². The Morgan fingerprint density at radius 3 is 2.24 bits per heavy atom. The average molecular weight is 306 g/mol. The minimum Gasteiger partial charge on any atom is -0.493 e. The van der Waals surface area contributed by atoms with Crippen LogP contribution >= 0.6 is 11.3 Å². The van der Waals surface area contributed by atoms with Crippen molar-refractivity contribution < 1.29 is 19.0 Å². The third-order valence-electron chi connectivity index (χ3n) is 3.21. The molecule has 5 heteroatoms. The number of rotatable bonds is 7. The molecule has 0 spiro atoms. The first-order chi connectivity index (χ1) is 10.2. The molecule has 0 N–H and O–H groups in total. The number of ether oxygens (including phenoxy) is 3. The van der Waals surface area contributed by atoms with Gasteiger partial charge in [-0.2, -0.15) is 11.3 Å². The van der Waals surface area contributed by atoms with E-state index < -0.39 is 0 Å². The lowest BCUT2D eigenvalue weighted by Gasteiger charge is -2.13. The number of carbonyl (C=O) groups is 1. The molecule has 0 unspecified atom stereocenters. The Balaban J connectivity index is 2.20. The van der Waals surface area contributed by atoms with Gasteiger partial charge in [0, 0.05) is 12.0 Å². The number of hydrogen-bond acceptors (Lipinski definition) is 5. The number of benzene rings is 1. The molecule has 2 rings (SSSR count). The van der Waals surface area contributed by atoms with Gasteiger partial charge in [0.05, 0.1) is 21.3 Å². The quantitative estimate of drug-likeness (QED) is 0.733. The van der Waals surface area contributed by atoms with Crippen molar-refractivity contribution in [2.75, 3.05) is 21.3 Å². The number of aryl methyl sites for hydroxylation is 1. The molecule has 0 aliphatic rings.